The lowest BCUT2D eigenvalue weighted by Crippen LogP contribution is -2.35. The quantitative estimate of drug-likeness (QED) is 0.458. The molecule has 0 spiro atoms. The van der Waals surface area contributed by atoms with Gasteiger partial charge in [-0.1, -0.05) is 17.7 Å². The Morgan fingerprint density at radius 2 is 2.06 bits per heavy atom. The molecule has 1 aromatic heterocycles. The van der Waals surface area contributed by atoms with Gasteiger partial charge in [0.25, 0.3) is 0 Å². The number of hydrogen-bond donors (Lipinski definition) is 1. The summed E-state index contributed by atoms with van der Waals surface area (Å²) in [5.41, 5.74) is -1.19. The predicted octanol–water partition coefficient (Wildman–Crippen LogP) is 4.37. The van der Waals surface area contributed by atoms with Gasteiger partial charge in [-0.3, -0.25) is 14.5 Å². The number of para-hydroxylation sites is 1. The number of carbonyl (C=O) groups is 1. The Labute approximate surface area is 209 Å². The highest BCUT2D eigenvalue weighted by Crippen LogP contribution is 2.38. The summed E-state index contributed by atoms with van der Waals surface area (Å²) in [4.78, 5) is 26.2. The highest BCUT2D eigenvalue weighted by molar-refractivity contribution is 6.34. The summed E-state index contributed by atoms with van der Waals surface area (Å²) in [6, 6.07) is 8.59. The van der Waals surface area contributed by atoms with Gasteiger partial charge in [0.05, 0.1) is 34.6 Å². The molecule has 7 nitrogen and oxygen atoms in total. The Morgan fingerprint density at radius 1 is 1.28 bits per heavy atom. The zero-order valence-corrected chi connectivity index (χ0v) is 19.9. The van der Waals surface area contributed by atoms with Gasteiger partial charge in [-0.05, 0) is 43.3 Å². The van der Waals surface area contributed by atoms with Crippen molar-refractivity contribution in [2.45, 2.75) is 18.7 Å². The van der Waals surface area contributed by atoms with Crippen LogP contribution in [0.1, 0.15) is 12.0 Å². The molecule has 192 valence electrons. The number of ether oxygens (including phenoxy) is 2. The number of carbonyl (C=O) groups excluding carboxylic acids is 1. The maximum atomic E-state index is 13.4. The van der Waals surface area contributed by atoms with Crippen LogP contribution in [0.15, 0.2) is 51.7 Å². The SMILES string of the molecule is COC(=O)[C@H]1CCN(CC(O)COc2cc(C(F)(F)F)ccc2-c2cc(=O)c3cccc(Cl)c3o2)C1. The van der Waals surface area contributed by atoms with Gasteiger partial charge in [-0.2, -0.15) is 13.2 Å². The van der Waals surface area contributed by atoms with Gasteiger partial charge in [-0.15, -0.1) is 0 Å². The van der Waals surface area contributed by atoms with Crippen LogP contribution in [0.2, 0.25) is 5.02 Å². The summed E-state index contributed by atoms with van der Waals surface area (Å²) in [7, 11) is 1.31. The van der Waals surface area contributed by atoms with E-state index in [4.69, 9.17) is 25.5 Å². The fourth-order valence-corrected chi connectivity index (χ4v) is 4.40. The number of benzene rings is 2. The fourth-order valence-electron chi connectivity index (χ4n) is 4.19. The largest absolute Gasteiger partial charge is 0.490 e. The van der Waals surface area contributed by atoms with E-state index >= 15 is 0 Å². The summed E-state index contributed by atoms with van der Waals surface area (Å²) in [5.74, 6) is -0.860. The number of likely N-dealkylation sites (tertiary alicyclic amines) is 1. The number of β-amino-alcohol motifs (C(OH)–C–C–N with tert-alkyl or cyclic N) is 1. The first kappa shape index (κ1) is 26.0. The van der Waals surface area contributed by atoms with Gasteiger partial charge in [0.2, 0.25) is 0 Å². The summed E-state index contributed by atoms with van der Waals surface area (Å²) >= 11 is 6.16. The van der Waals surface area contributed by atoms with E-state index in [0.29, 0.717) is 19.5 Å². The van der Waals surface area contributed by atoms with Crippen LogP contribution in [0, 0.1) is 5.92 Å². The highest BCUT2D eigenvalue weighted by Gasteiger charge is 2.32. The smallest absolute Gasteiger partial charge is 0.416 e. The van der Waals surface area contributed by atoms with Gasteiger partial charge in [0.1, 0.15) is 24.2 Å². The standard InChI is InChI=1S/C25H23ClF3NO6/c1-34-24(33)14-7-8-30(11-14)12-16(31)13-35-21-9-15(25(27,28)29)5-6-18(21)22-10-20(32)17-3-2-4-19(26)23(17)36-22/h2-6,9-10,14,16,31H,7-8,11-13H2,1H3/t14-,16?/m0/s1. The van der Waals surface area contributed by atoms with E-state index in [1.807, 2.05) is 4.90 Å². The molecule has 4 rings (SSSR count). The van der Waals surface area contributed by atoms with E-state index in [1.54, 1.807) is 6.07 Å². The predicted molar refractivity (Wildman–Crippen MR) is 126 cm³/mol. The third-order valence-corrected chi connectivity index (χ3v) is 6.29. The molecule has 36 heavy (non-hydrogen) atoms. The Kier molecular flexibility index (Phi) is 7.58. The molecule has 2 atom stereocenters. The normalized spacial score (nSPS) is 17.3. The zero-order valence-electron chi connectivity index (χ0n) is 19.2. The second-order valence-electron chi connectivity index (χ2n) is 8.53. The van der Waals surface area contributed by atoms with Crippen molar-refractivity contribution in [2.75, 3.05) is 33.4 Å². The summed E-state index contributed by atoms with van der Waals surface area (Å²) in [6.07, 6.45) is -5.11. The number of methoxy groups -OCH3 is 1. The minimum atomic E-state index is -4.64. The zero-order chi connectivity index (χ0) is 26.0. The summed E-state index contributed by atoms with van der Waals surface area (Å²) in [5, 5.41) is 10.9. The summed E-state index contributed by atoms with van der Waals surface area (Å²) in [6.45, 7) is 0.797. The number of aliphatic hydroxyl groups excluding tert-OH is 1. The van der Waals surface area contributed by atoms with Crippen molar-refractivity contribution in [3.63, 3.8) is 0 Å². The van der Waals surface area contributed by atoms with Crippen LogP contribution in [0.3, 0.4) is 0 Å². The van der Waals surface area contributed by atoms with Crippen molar-refractivity contribution >= 4 is 28.5 Å². The average Bonchev–Trinajstić information content (AvgIpc) is 3.30. The van der Waals surface area contributed by atoms with Gasteiger partial charge >= 0.3 is 12.1 Å². The van der Waals surface area contributed by atoms with E-state index < -0.39 is 23.3 Å². The molecule has 1 N–H and O–H groups in total. The van der Waals surface area contributed by atoms with E-state index in [-0.39, 0.29) is 58.1 Å². The van der Waals surface area contributed by atoms with Crippen LogP contribution < -0.4 is 10.2 Å². The van der Waals surface area contributed by atoms with Crippen LogP contribution in [0.25, 0.3) is 22.3 Å². The van der Waals surface area contributed by atoms with Crippen LogP contribution in [-0.4, -0.2) is 55.4 Å². The number of alkyl halides is 3. The molecule has 2 aromatic carbocycles. The van der Waals surface area contributed by atoms with E-state index in [9.17, 15) is 27.9 Å². The van der Waals surface area contributed by atoms with Crippen molar-refractivity contribution in [1.29, 1.82) is 0 Å². The maximum Gasteiger partial charge on any atom is 0.416 e. The molecule has 0 amide bonds. The molecule has 0 bridgehead atoms. The minimum absolute atomic E-state index is 0.0284. The molecule has 0 saturated carbocycles. The monoisotopic (exact) mass is 525 g/mol. The van der Waals surface area contributed by atoms with Gasteiger partial charge in [0.15, 0.2) is 11.0 Å². The van der Waals surface area contributed by atoms with Gasteiger partial charge in [0, 0.05) is 19.2 Å². The van der Waals surface area contributed by atoms with Crippen molar-refractivity contribution in [3.05, 3.63) is 63.3 Å². The maximum absolute atomic E-state index is 13.4. The number of fused-ring (bicyclic) bond motifs is 1. The third kappa shape index (κ3) is 5.66. The molecule has 1 fully saturated rings. The molecule has 0 aliphatic carbocycles. The number of halogens is 4. The Balaban J connectivity index is 1.58. The number of aliphatic hydroxyl groups is 1. The first-order chi connectivity index (χ1) is 17.1. The van der Waals surface area contributed by atoms with E-state index in [2.05, 4.69) is 0 Å². The lowest BCUT2D eigenvalue weighted by molar-refractivity contribution is -0.145. The molecule has 1 saturated heterocycles. The average molecular weight is 526 g/mol. The van der Waals surface area contributed by atoms with E-state index in [0.717, 1.165) is 24.3 Å². The first-order valence-electron chi connectivity index (χ1n) is 11.1. The molecule has 0 radical (unpaired) electrons. The first-order valence-corrected chi connectivity index (χ1v) is 11.5. The van der Waals surface area contributed by atoms with Crippen LogP contribution >= 0.6 is 11.6 Å². The van der Waals surface area contributed by atoms with Crippen LogP contribution in [0.4, 0.5) is 13.2 Å². The Morgan fingerprint density at radius 3 is 2.78 bits per heavy atom. The van der Waals surface area contributed by atoms with Crippen LogP contribution in [-0.2, 0) is 15.7 Å². The van der Waals surface area contributed by atoms with E-state index in [1.165, 1.54) is 19.2 Å². The molecule has 11 heteroatoms. The fraction of sp³-hybridized carbons (Fsp3) is 0.360. The lowest BCUT2D eigenvalue weighted by atomic mass is 10.1. The van der Waals surface area contributed by atoms with Crippen molar-refractivity contribution in [2.24, 2.45) is 5.92 Å². The van der Waals surface area contributed by atoms with Gasteiger partial charge < -0.3 is 19.0 Å². The molecule has 1 aliphatic heterocycles. The second kappa shape index (κ2) is 10.5. The molecular weight excluding hydrogens is 503 g/mol. The molecule has 1 unspecified atom stereocenters. The number of esters is 1. The molecule has 1 aliphatic rings. The van der Waals surface area contributed by atoms with Gasteiger partial charge in [-0.25, -0.2) is 0 Å². The second-order valence-corrected chi connectivity index (χ2v) is 8.94. The number of hydrogen-bond acceptors (Lipinski definition) is 7. The van der Waals surface area contributed by atoms with Crippen molar-refractivity contribution < 1.29 is 37.0 Å². The van der Waals surface area contributed by atoms with Crippen molar-refractivity contribution in [1.82, 2.24) is 4.90 Å². The molecule has 3 aromatic rings. The summed E-state index contributed by atoms with van der Waals surface area (Å²) < 4.78 is 56.3. The minimum Gasteiger partial charge on any atom is -0.490 e. The van der Waals surface area contributed by atoms with Crippen LogP contribution in [0.5, 0.6) is 5.75 Å². The topological polar surface area (TPSA) is 89.2 Å². The highest BCUT2D eigenvalue weighted by atomic mass is 35.5. The Hall–Kier alpha value is -3.08. The molecule has 2 heterocycles. The third-order valence-electron chi connectivity index (χ3n) is 5.99. The molecular formula is C25H23ClF3NO6. The number of rotatable bonds is 7. The van der Waals surface area contributed by atoms with Crippen molar-refractivity contribution in [3.8, 4) is 17.1 Å². The number of nitrogens with zero attached hydrogens (tertiary/aromatic N) is 1. The lowest BCUT2D eigenvalue weighted by Gasteiger charge is -2.21. The Bertz CT molecular complexity index is 1330.